The molecule has 2 rings (SSSR count). The Labute approximate surface area is 99.7 Å². The van der Waals surface area contributed by atoms with Crippen LogP contribution in [0.3, 0.4) is 0 Å². The summed E-state index contributed by atoms with van der Waals surface area (Å²) in [7, 11) is 0. The molecule has 0 bridgehead atoms. The molecule has 1 aliphatic heterocycles. The number of H-pyrrole nitrogens is 1. The van der Waals surface area contributed by atoms with Crippen LogP contribution in [0.25, 0.3) is 0 Å². The third-order valence-corrected chi connectivity index (χ3v) is 2.91. The predicted octanol–water partition coefficient (Wildman–Crippen LogP) is 1.18. The fourth-order valence-electron chi connectivity index (χ4n) is 1.77. The largest absolute Gasteiger partial charge is 0.352 e. The van der Waals surface area contributed by atoms with Crippen molar-refractivity contribution in [3.8, 4) is 0 Å². The van der Waals surface area contributed by atoms with Gasteiger partial charge in [-0.25, -0.2) is 0 Å². The van der Waals surface area contributed by atoms with E-state index in [1.807, 2.05) is 4.90 Å². The number of nitrogens with one attached hydrogen (secondary N) is 2. The molecule has 2 N–H and O–H groups in total. The van der Waals surface area contributed by atoms with Crippen LogP contribution >= 0.6 is 12.2 Å². The van der Waals surface area contributed by atoms with Gasteiger partial charge in [-0.3, -0.25) is 4.79 Å². The van der Waals surface area contributed by atoms with Crippen LogP contribution in [-0.2, 0) is 0 Å². The van der Waals surface area contributed by atoms with Crippen molar-refractivity contribution in [2.24, 2.45) is 0 Å². The summed E-state index contributed by atoms with van der Waals surface area (Å²) < 4.78 is 0.647. The van der Waals surface area contributed by atoms with Gasteiger partial charge < -0.3 is 15.2 Å². The van der Waals surface area contributed by atoms with Crippen LogP contribution in [0.1, 0.15) is 16.8 Å². The van der Waals surface area contributed by atoms with Crippen molar-refractivity contribution in [2.75, 3.05) is 26.2 Å². The highest BCUT2D eigenvalue weighted by molar-refractivity contribution is 7.71. The number of hydrogen-bond donors (Lipinski definition) is 2. The van der Waals surface area contributed by atoms with Crippen molar-refractivity contribution < 1.29 is 4.79 Å². The second-order valence-electron chi connectivity index (χ2n) is 3.84. The van der Waals surface area contributed by atoms with Gasteiger partial charge in [-0.15, -0.1) is 0 Å². The minimum absolute atomic E-state index is 0.0787. The molecule has 0 radical (unpaired) electrons. The Morgan fingerprint density at radius 3 is 2.94 bits per heavy atom. The lowest BCUT2D eigenvalue weighted by Crippen LogP contribution is -2.34. The van der Waals surface area contributed by atoms with Gasteiger partial charge in [0.1, 0.15) is 4.64 Å². The summed E-state index contributed by atoms with van der Waals surface area (Å²) in [6.45, 7) is 3.45. The third kappa shape index (κ3) is 2.68. The lowest BCUT2D eigenvalue weighted by atomic mass is 10.2. The van der Waals surface area contributed by atoms with E-state index in [-0.39, 0.29) is 5.91 Å². The number of rotatable bonds is 1. The molecule has 1 amide bonds. The third-order valence-electron chi connectivity index (χ3n) is 2.66. The number of aromatic nitrogens is 1. The van der Waals surface area contributed by atoms with Gasteiger partial charge in [0, 0.05) is 25.8 Å². The summed E-state index contributed by atoms with van der Waals surface area (Å²) in [4.78, 5) is 16.9. The lowest BCUT2D eigenvalue weighted by Gasteiger charge is -2.19. The number of carbonyl (C=O) groups excluding carboxylic acids is 1. The number of carbonyl (C=O) groups is 1. The van der Waals surface area contributed by atoms with Gasteiger partial charge in [-0.1, -0.05) is 12.2 Å². The maximum atomic E-state index is 12.1. The van der Waals surface area contributed by atoms with Crippen molar-refractivity contribution >= 4 is 18.1 Å². The zero-order valence-corrected chi connectivity index (χ0v) is 9.85. The van der Waals surface area contributed by atoms with Crippen molar-refractivity contribution in [3.05, 3.63) is 28.5 Å². The smallest absolute Gasteiger partial charge is 0.255 e. The summed E-state index contributed by atoms with van der Waals surface area (Å²) in [5.41, 5.74) is 0.676. The predicted molar refractivity (Wildman–Crippen MR) is 65.0 cm³/mol. The molecular weight excluding hydrogens is 222 g/mol. The Balaban J connectivity index is 2.11. The Morgan fingerprint density at radius 2 is 2.19 bits per heavy atom. The SMILES string of the molecule is O=C(c1ccc(=S)[nH]c1)N1CCCNCC1. The molecule has 0 aliphatic carbocycles. The Kier molecular flexibility index (Phi) is 3.69. The van der Waals surface area contributed by atoms with Crippen molar-refractivity contribution in [1.82, 2.24) is 15.2 Å². The van der Waals surface area contributed by atoms with Crippen LogP contribution in [0.5, 0.6) is 0 Å². The average Bonchev–Trinajstić information content (AvgIpc) is 2.57. The van der Waals surface area contributed by atoms with Crippen LogP contribution in [-0.4, -0.2) is 42.0 Å². The van der Waals surface area contributed by atoms with Gasteiger partial charge in [0.15, 0.2) is 0 Å². The van der Waals surface area contributed by atoms with E-state index in [4.69, 9.17) is 12.2 Å². The highest BCUT2D eigenvalue weighted by atomic mass is 32.1. The molecule has 2 heterocycles. The minimum Gasteiger partial charge on any atom is -0.352 e. The number of nitrogens with zero attached hydrogens (tertiary/aromatic N) is 1. The first-order chi connectivity index (χ1) is 7.77. The monoisotopic (exact) mass is 237 g/mol. The number of amides is 1. The van der Waals surface area contributed by atoms with Gasteiger partial charge in [0.05, 0.1) is 5.56 Å². The number of hydrogen-bond acceptors (Lipinski definition) is 3. The molecule has 0 unspecified atom stereocenters. The molecular formula is C11H15N3OS. The Bertz CT molecular complexity index is 401. The second kappa shape index (κ2) is 5.23. The topological polar surface area (TPSA) is 48.1 Å². The van der Waals surface area contributed by atoms with Gasteiger partial charge in [0.25, 0.3) is 5.91 Å². The molecule has 0 aromatic carbocycles. The van der Waals surface area contributed by atoms with Crippen LogP contribution in [0, 0.1) is 4.64 Å². The van der Waals surface area contributed by atoms with Crippen LogP contribution in [0.4, 0.5) is 0 Å². The van der Waals surface area contributed by atoms with Crippen LogP contribution < -0.4 is 5.32 Å². The molecule has 1 fully saturated rings. The zero-order valence-electron chi connectivity index (χ0n) is 9.03. The van der Waals surface area contributed by atoms with Crippen LogP contribution in [0.2, 0.25) is 0 Å². The fourth-order valence-corrected chi connectivity index (χ4v) is 1.90. The standard InChI is InChI=1S/C11H15N3OS/c15-11(9-2-3-10(16)13-8-9)14-6-1-4-12-5-7-14/h2-3,8,12H,1,4-7H2,(H,13,16). The first-order valence-electron chi connectivity index (χ1n) is 5.46. The quantitative estimate of drug-likeness (QED) is 0.721. The summed E-state index contributed by atoms with van der Waals surface area (Å²) >= 11 is 4.95. The first-order valence-corrected chi connectivity index (χ1v) is 5.87. The lowest BCUT2D eigenvalue weighted by molar-refractivity contribution is 0.0766. The first kappa shape index (κ1) is 11.3. The van der Waals surface area contributed by atoms with Gasteiger partial charge in [0.2, 0.25) is 0 Å². The van der Waals surface area contributed by atoms with Crippen molar-refractivity contribution in [2.45, 2.75) is 6.42 Å². The summed E-state index contributed by atoms with van der Waals surface area (Å²) in [6.07, 6.45) is 2.69. The molecule has 5 heteroatoms. The van der Waals surface area contributed by atoms with E-state index in [0.29, 0.717) is 10.2 Å². The van der Waals surface area contributed by atoms with E-state index >= 15 is 0 Å². The maximum absolute atomic E-state index is 12.1. The molecule has 4 nitrogen and oxygen atoms in total. The molecule has 86 valence electrons. The Hall–Kier alpha value is -1.20. The number of aromatic amines is 1. The highest BCUT2D eigenvalue weighted by Crippen LogP contribution is 2.05. The normalized spacial score (nSPS) is 16.9. The van der Waals surface area contributed by atoms with Gasteiger partial charge >= 0.3 is 0 Å². The van der Waals surface area contributed by atoms with E-state index in [1.54, 1.807) is 18.3 Å². The van der Waals surface area contributed by atoms with Gasteiger partial charge in [-0.2, -0.15) is 0 Å². The zero-order chi connectivity index (χ0) is 11.4. The molecule has 1 aromatic rings. The van der Waals surface area contributed by atoms with Crippen molar-refractivity contribution in [3.63, 3.8) is 0 Å². The molecule has 0 spiro atoms. The second-order valence-corrected chi connectivity index (χ2v) is 4.28. The minimum atomic E-state index is 0.0787. The van der Waals surface area contributed by atoms with E-state index in [2.05, 4.69) is 10.3 Å². The molecule has 1 aliphatic rings. The maximum Gasteiger partial charge on any atom is 0.255 e. The van der Waals surface area contributed by atoms with E-state index in [0.717, 1.165) is 32.6 Å². The fraction of sp³-hybridized carbons (Fsp3) is 0.455. The molecule has 16 heavy (non-hydrogen) atoms. The molecule has 1 saturated heterocycles. The van der Waals surface area contributed by atoms with E-state index in [1.165, 1.54) is 0 Å². The van der Waals surface area contributed by atoms with Crippen molar-refractivity contribution in [1.29, 1.82) is 0 Å². The van der Waals surface area contributed by atoms with E-state index < -0.39 is 0 Å². The summed E-state index contributed by atoms with van der Waals surface area (Å²) in [6, 6.07) is 3.53. The summed E-state index contributed by atoms with van der Waals surface area (Å²) in [5, 5.41) is 3.27. The highest BCUT2D eigenvalue weighted by Gasteiger charge is 2.16. The Morgan fingerprint density at radius 1 is 1.31 bits per heavy atom. The molecule has 1 aromatic heterocycles. The van der Waals surface area contributed by atoms with Gasteiger partial charge in [-0.05, 0) is 25.1 Å². The molecule has 0 saturated carbocycles. The van der Waals surface area contributed by atoms with E-state index in [9.17, 15) is 4.79 Å². The number of pyridine rings is 1. The van der Waals surface area contributed by atoms with Crippen LogP contribution in [0.15, 0.2) is 18.3 Å². The molecule has 0 atom stereocenters. The average molecular weight is 237 g/mol. The summed E-state index contributed by atoms with van der Waals surface area (Å²) in [5.74, 6) is 0.0787.